The summed E-state index contributed by atoms with van der Waals surface area (Å²) in [4.78, 5) is 12.8. The molecule has 2 rings (SSSR count). The van der Waals surface area contributed by atoms with Gasteiger partial charge in [0.1, 0.15) is 0 Å². The number of hydrogen-bond acceptors (Lipinski definition) is 6. The van der Waals surface area contributed by atoms with Gasteiger partial charge in [-0.25, -0.2) is 0 Å². The first-order valence-electron chi connectivity index (χ1n) is 6.72. The molecule has 1 fully saturated rings. The highest BCUT2D eigenvalue weighted by Crippen LogP contribution is 2.23. The van der Waals surface area contributed by atoms with Crippen molar-refractivity contribution < 1.29 is 14.6 Å². The van der Waals surface area contributed by atoms with Crippen LogP contribution in [-0.2, 0) is 16.6 Å². The fraction of sp³-hybridized carbons (Fsp3) is 0.750. The first-order chi connectivity index (χ1) is 9.61. The van der Waals surface area contributed by atoms with Crippen LogP contribution in [0, 0.1) is 0 Å². The number of carboxylic acid groups (broad SMARTS) is 1. The summed E-state index contributed by atoms with van der Waals surface area (Å²) in [7, 11) is 1.87. The van der Waals surface area contributed by atoms with Crippen LogP contribution in [-0.4, -0.2) is 57.4 Å². The lowest BCUT2D eigenvalue weighted by Crippen LogP contribution is -2.38. The van der Waals surface area contributed by atoms with E-state index in [-0.39, 0.29) is 5.75 Å². The van der Waals surface area contributed by atoms with E-state index in [1.54, 1.807) is 0 Å². The van der Waals surface area contributed by atoms with Crippen LogP contribution in [0.3, 0.4) is 0 Å². The zero-order valence-electron chi connectivity index (χ0n) is 11.8. The van der Waals surface area contributed by atoms with E-state index in [1.807, 2.05) is 18.5 Å². The lowest BCUT2D eigenvalue weighted by Gasteiger charge is -2.32. The Balaban J connectivity index is 1.95. The molecule has 0 aliphatic carbocycles. The van der Waals surface area contributed by atoms with Gasteiger partial charge in [0.25, 0.3) is 0 Å². The van der Waals surface area contributed by atoms with Crippen molar-refractivity contribution in [3.05, 3.63) is 0 Å². The highest BCUT2D eigenvalue weighted by atomic mass is 32.2. The number of aliphatic carboxylic acids is 1. The number of nitrogens with zero attached hydrogens (tertiary/aromatic N) is 4. The summed E-state index contributed by atoms with van der Waals surface area (Å²) in [6.07, 6.45) is 2.31. The second-order valence-corrected chi connectivity index (χ2v) is 5.61. The Hall–Kier alpha value is -1.28. The molecule has 0 amide bonds. The molecular formula is C12H20N4O3S. The maximum atomic E-state index is 10.6. The van der Waals surface area contributed by atoms with Gasteiger partial charge in [-0.3, -0.25) is 9.36 Å². The lowest BCUT2D eigenvalue weighted by molar-refractivity contribution is -0.133. The van der Waals surface area contributed by atoms with Gasteiger partial charge in [0, 0.05) is 26.7 Å². The fourth-order valence-electron chi connectivity index (χ4n) is 2.29. The third-order valence-electron chi connectivity index (χ3n) is 3.26. The number of aromatic nitrogens is 3. The molecule has 112 valence electrons. The summed E-state index contributed by atoms with van der Waals surface area (Å²) in [5.74, 6) is -0.0526. The Morgan fingerprint density at radius 1 is 1.45 bits per heavy atom. The highest BCUT2D eigenvalue weighted by Gasteiger charge is 2.23. The van der Waals surface area contributed by atoms with Crippen molar-refractivity contribution in [2.45, 2.75) is 31.0 Å². The van der Waals surface area contributed by atoms with Gasteiger partial charge in [0.05, 0.1) is 11.9 Å². The number of piperidine rings is 1. The molecule has 0 saturated carbocycles. The van der Waals surface area contributed by atoms with E-state index in [0.29, 0.717) is 11.3 Å². The molecule has 1 aliphatic heterocycles. The van der Waals surface area contributed by atoms with Gasteiger partial charge in [-0.05, 0) is 19.8 Å². The van der Waals surface area contributed by atoms with Crippen molar-refractivity contribution in [2.75, 3.05) is 30.3 Å². The van der Waals surface area contributed by atoms with E-state index in [2.05, 4.69) is 15.1 Å². The quantitative estimate of drug-likeness (QED) is 0.785. The van der Waals surface area contributed by atoms with Crippen LogP contribution in [0.4, 0.5) is 5.95 Å². The van der Waals surface area contributed by atoms with E-state index in [9.17, 15) is 4.79 Å². The molecule has 0 aromatic carbocycles. The molecule has 1 saturated heterocycles. The highest BCUT2D eigenvalue weighted by molar-refractivity contribution is 7.99. The summed E-state index contributed by atoms with van der Waals surface area (Å²) in [6.45, 7) is 4.55. The van der Waals surface area contributed by atoms with Crippen molar-refractivity contribution in [1.82, 2.24) is 14.8 Å². The third kappa shape index (κ3) is 3.63. The molecular weight excluding hydrogens is 280 g/mol. The van der Waals surface area contributed by atoms with Gasteiger partial charge in [0.2, 0.25) is 5.95 Å². The largest absolute Gasteiger partial charge is 0.481 e. The molecule has 7 nitrogen and oxygen atoms in total. The molecule has 0 unspecified atom stereocenters. The smallest absolute Gasteiger partial charge is 0.313 e. The molecule has 8 heteroatoms. The molecule has 0 atom stereocenters. The van der Waals surface area contributed by atoms with Crippen LogP contribution in [0.2, 0.25) is 0 Å². The Bertz CT molecular complexity index is 458. The van der Waals surface area contributed by atoms with Crippen LogP contribution in [0.25, 0.3) is 0 Å². The van der Waals surface area contributed by atoms with Crippen LogP contribution in [0.1, 0.15) is 19.8 Å². The number of carboxylic acids is 1. The van der Waals surface area contributed by atoms with E-state index in [1.165, 1.54) is 11.8 Å². The standard InChI is InChI=1S/C12H20N4O3S/c1-3-19-9-4-6-16(7-5-9)11-13-14-12(15(11)2)20-8-10(17)18/h9H,3-8H2,1-2H3,(H,17,18). The topological polar surface area (TPSA) is 80.5 Å². The van der Waals surface area contributed by atoms with E-state index >= 15 is 0 Å². The second kappa shape index (κ2) is 6.94. The summed E-state index contributed by atoms with van der Waals surface area (Å²) in [5, 5.41) is 17.6. The molecule has 1 aromatic heterocycles. The molecule has 1 aromatic rings. The van der Waals surface area contributed by atoms with Gasteiger partial charge >= 0.3 is 5.97 Å². The van der Waals surface area contributed by atoms with E-state index in [4.69, 9.17) is 9.84 Å². The summed E-state index contributed by atoms with van der Waals surface area (Å²) < 4.78 is 7.48. The maximum Gasteiger partial charge on any atom is 0.313 e. The molecule has 20 heavy (non-hydrogen) atoms. The first kappa shape index (κ1) is 15.1. The Morgan fingerprint density at radius 3 is 2.75 bits per heavy atom. The fourth-order valence-corrected chi connectivity index (χ4v) is 2.92. The minimum Gasteiger partial charge on any atom is -0.481 e. The van der Waals surface area contributed by atoms with Crippen molar-refractivity contribution in [1.29, 1.82) is 0 Å². The monoisotopic (exact) mass is 300 g/mol. The Labute approximate surface area is 122 Å². The number of thioether (sulfide) groups is 1. The first-order valence-corrected chi connectivity index (χ1v) is 7.71. The average Bonchev–Trinajstić information content (AvgIpc) is 2.79. The zero-order chi connectivity index (χ0) is 14.5. The van der Waals surface area contributed by atoms with Crippen molar-refractivity contribution >= 4 is 23.7 Å². The summed E-state index contributed by atoms with van der Waals surface area (Å²) in [6, 6.07) is 0. The van der Waals surface area contributed by atoms with Crippen molar-refractivity contribution in [2.24, 2.45) is 7.05 Å². The molecule has 0 bridgehead atoms. The van der Waals surface area contributed by atoms with Crippen LogP contribution < -0.4 is 4.90 Å². The van der Waals surface area contributed by atoms with Gasteiger partial charge in [0.15, 0.2) is 5.16 Å². The summed E-state index contributed by atoms with van der Waals surface area (Å²) in [5.41, 5.74) is 0. The van der Waals surface area contributed by atoms with Crippen molar-refractivity contribution in [3.8, 4) is 0 Å². The van der Waals surface area contributed by atoms with Gasteiger partial charge in [-0.15, -0.1) is 10.2 Å². The minimum absolute atomic E-state index is 0.00160. The number of ether oxygens (including phenoxy) is 1. The number of hydrogen-bond donors (Lipinski definition) is 1. The molecule has 1 N–H and O–H groups in total. The predicted molar refractivity (Wildman–Crippen MR) is 76.2 cm³/mol. The Morgan fingerprint density at radius 2 is 2.15 bits per heavy atom. The number of anilines is 1. The zero-order valence-corrected chi connectivity index (χ0v) is 12.6. The average molecular weight is 300 g/mol. The van der Waals surface area contributed by atoms with Gasteiger partial charge in [-0.2, -0.15) is 0 Å². The molecule has 0 radical (unpaired) electrons. The van der Waals surface area contributed by atoms with E-state index in [0.717, 1.165) is 38.5 Å². The predicted octanol–water partition coefficient (Wildman–Crippen LogP) is 0.997. The van der Waals surface area contributed by atoms with E-state index < -0.39 is 5.97 Å². The second-order valence-electron chi connectivity index (χ2n) is 4.67. The Kier molecular flexibility index (Phi) is 5.24. The lowest BCUT2D eigenvalue weighted by atomic mass is 10.1. The minimum atomic E-state index is -0.850. The van der Waals surface area contributed by atoms with Crippen LogP contribution in [0.15, 0.2) is 5.16 Å². The maximum absolute atomic E-state index is 10.6. The normalized spacial score (nSPS) is 16.6. The molecule has 2 heterocycles. The van der Waals surface area contributed by atoms with Gasteiger partial charge in [-0.1, -0.05) is 11.8 Å². The number of rotatable bonds is 6. The van der Waals surface area contributed by atoms with Crippen LogP contribution >= 0.6 is 11.8 Å². The SMILES string of the molecule is CCOC1CCN(c2nnc(SCC(=O)O)n2C)CC1. The van der Waals surface area contributed by atoms with Crippen LogP contribution in [0.5, 0.6) is 0 Å². The molecule has 1 aliphatic rings. The molecule has 0 spiro atoms. The van der Waals surface area contributed by atoms with Crippen molar-refractivity contribution in [3.63, 3.8) is 0 Å². The summed E-state index contributed by atoms with van der Waals surface area (Å²) >= 11 is 1.19. The van der Waals surface area contributed by atoms with Gasteiger partial charge < -0.3 is 14.7 Å². The number of carbonyl (C=O) groups is 1. The third-order valence-corrected chi connectivity index (χ3v) is 4.27.